The molecule has 0 aromatic carbocycles. The number of hydrogen-bond acceptors (Lipinski definition) is 4. The third-order valence-corrected chi connectivity index (χ3v) is 2.83. The van der Waals surface area contributed by atoms with Crippen LogP contribution in [-0.4, -0.2) is 11.6 Å². The van der Waals surface area contributed by atoms with Gasteiger partial charge in [0, 0.05) is 7.05 Å². The maximum Gasteiger partial charge on any atom is 0.180 e. The lowest BCUT2D eigenvalue weighted by Gasteiger charge is -1.96. The van der Waals surface area contributed by atoms with Crippen LogP contribution in [0.5, 0.6) is 0 Å². The van der Waals surface area contributed by atoms with Crippen molar-refractivity contribution in [2.45, 2.75) is 0 Å². The van der Waals surface area contributed by atoms with Gasteiger partial charge in [-0.3, -0.25) is 0 Å². The molecule has 0 saturated carbocycles. The van der Waals surface area contributed by atoms with Gasteiger partial charge in [0.05, 0.1) is 0 Å². The Morgan fingerprint density at radius 1 is 2.00 bits per heavy atom. The van der Waals surface area contributed by atoms with Crippen LogP contribution in [0.3, 0.4) is 0 Å². The number of thiol groups is 1. The molecule has 0 aliphatic rings. The maximum absolute atomic E-state index is 10.1. The molecule has 0 aromatic rings. The quantitative estimate of drug-likeness (QED) is 0.333. The minimum absolute atomic E-state index is 0.980. The van der Waals surface area contributed by atoms with Crippen LogP contribution in [0.25, 0.3) is 0 Å². The first kappa shape index (κ1) is 6.97. The largest absolute Gasteiger partial charge is 0.586 e. The number of rotatable bonds is 2. The van der Waals surface area contributed by atoms with Crippen LogP contribution in [0.15, 0.2) is 0 Å². The molecule has 0 aliphatic carbocycles. The summed E-state index contributed by atoms with van der Waals surface area (Å²) in [5.74, 6) is 0. The van der Waals surface area contributed by atoms with Crippen molar-refractivity contribution in [2.75, 3.05) is 7.05 Å². The highest BCUT2D eigenvalue weighted by Crippen LogP contribution is 2.11. The van der Waals surface area contributed by atoms with Crippen molar-refractivity contribution in [3.8, 4) is 0 Å². The van der Waals surface area contributed by atoms with Crippen LogP contribution >= 0.6 is 21.5 Å². The van der Waals surface area contributed by atoms with E-state index in [9.17, 15) is 4.55 Å². The van der Waals surface area contributed by atoms with Gasteiger partial charge < -0.3 is 4.55 Å². The van der Waals surface area contributed by atoms with E-state index < -0.39 is 10.4 Å². The summed E-state index contributed by atoms with van der Waals surface area (Å²) in [6, 6.07) is 0. The van der Waals surface area contributed by atoms with E-state index in [1.807, 2.05) is 0 Å². The van der Waals surface area contributed by atoms with Crippen molar-refractivity contribution in [1.82, 2.24) is 4.72 Å². The fourth-order valence-corrected chi connectivity index (χ4v) is 1.01. The lowest BCUT2D eigenvalue weighted by atomic mass is 11.6. The lowest BCUT2D eigenvalue weighted by Crippen LogP contribution is -2.11. The normalized spacial score (nSPS) is 14.5. The van der Waals surface area contributed by atoms with Crippen molar-refractivity contribution < 1.29 is 4.55 Å². The molecule has 1 N–H and O–H groups in total. The smallest absolute Gasteiger partial charge is 0.180 e. The van der Waals surface area contributed by atoms with Gasteiger partial charge in [0.25, 0.3) is 0 Å². The fourth-order valence-electron chi connectivity index (χ4n) is 0.0373. The summed E-state index contributed by atoms with van der Waals surface area (Å²) in [6.45, 7) is 0. The van der Waals surface area contributed by atoms with Gasteiger partial charge in [-0.2, -0.15) is 0 Å². The van der Waals surface area contributed by atoms with Crippen molar-refractivity contribution >= 4 is 31.9 Å². The summed E-state index contributed by atoms with van der Waals surface area (Å²) in [6.07, 6.45) is 0. The van der Waals surface area contributed by atoms with Crippen LogP contribution in [-0.2, 0) is 10.4 Å². The van der Waals surface area contributed by atoms with Gasteiger partial charge in [-0.15, -0.1) is 4.72 Å². The van der Waals surface area contributed by atoms with E-state index in [0.29, 0.717) is 0 Å². The monoisotopic (exact) mass is 143 g/mol. The summed E-state index contributed by atoms with van der Waals surface area (Å²) < 4.78 is 12.5. The van der Waals surface area contributed by atoms with Crippen molar-refractivity contribution in [1.29, 1.82) is 0 Å². The fraction of sp³-hybridized carbons (Fsp3) is 1.00. The molecular weight excluding hydrogens is 138 g/mol. The Hall–Kier alpha value is 0.970. The molecule has 6 heavy (non-hydrogen) atoms. The van der Waals surface area contributed by atoms with E-state index in [-0.39, 0.29) is 0 Å². The summed E-state index contributed by atoms with van der Waals surface area (Å²) in [7, 11) is 1.59. The summed E-state index contributed by atoms with van der Waals surface area (Å²) >= 11 is 3.65. The molecule has 0 amide bonds. The van der Waals surface area contributed by atoms with Crippen LogP contribution in [0.1, 0.15) is 0 Å². The Balaban J connectivity index is 2.75. The van der Waals surface area contributed by atoms with Gasteiger partial charge in [0.1, 0.15) is 10.4 Å². The van der Waals surface area contributed by atoms with E-state index in [1.54, 1.807) is 7.05 Å². The first-order valence-electron chi connectivity index (χ1n) is 1.22. The average Bonchev–Trinajstić information content (AvgIpc) is 1.65. The van der Waals surface area contributed by atoms with E-state index in [1.165, 1.54) is 0 Å². The van der Waals surface area contributed by atoms with Crippen LogP contribution in [0, 0.1) is 0 Å². The minimum Gasteiger partial charge on any atom is -0.586 e. The van der Waals surface area contributed by atoms with Gasteiger partial charge in [0.15, 0.2) is 9.83 Å². The Kier molecular flexibility index (Phi) is 4.81. The minimum atomic E-state index is -1.00. The Morgan fingerprint density at radius 3 is 2.50 bits per heavy atom. The van der Waals surface area contributed by atoms with Gasteiger partial charge >= 0.3 is 0 Å². The van der Waals surface area contributed by atoms with Gasteiger partial charge in [-0.25, -0.2) is 0 Å². The summed E-state index contributed by atoms with van der Waals surface area (Å²) in [5.41, 5.74) is 0. The highest BCUT2D eigenvalue weighted by molar-refractivity contribution is 9.02. The summed E-state index contributed by atoms with van der Waals surface area (Å²) in [4.78, 5) is 0. The van der Waals surface area contributed by atoms with Crippen LogP contribution in [0.2, 0.25) is 0 Å². The second-order valence-corrected chi connectivity index (χ2v) is 4.24. The zero-order chi connectivity index (χ0) is 4.99. The molecule has 0 fully saturated rings. The molecule has 1 unspecified atom stereocenters. The lowest BCUT2D eigenvalue weighted by molar-refractivity contribution is 0.603. The van der Waals surface area contributed by atoms with E-state index >= 15 is 0 Å². The van der Waals surface area contributed by atoms with Gasteiger partial charge in [0.2, 0.25) is 0 Å². The molecule has 2 nitrogen and oxygen atoms in total. The molecule has 0 spiro atoms. The molecule has 0 saturated heterocycles. The van der Waals surface area contributed by atoms with Gasteiger partial charge in [-0.1, -0.05) is 11.7 Å². The van der Waals surface area contributed by atoms with Crippen molar-refractivity contribution in [3.63, 3.8) is 0 Å². The Labute approximate surface area is 48.6 Å². The summed E-state index contributed by atoms with van der Waals surface area (Å²) in [5, 5.41) is 0. The first-order chi connectivity index (χ1) is 2.81. The second kappa shape index (κ2) is 4.14. The standard InChI is InChI=1S/CH5NOS3/c1-2-6(3)5-4/h2,4H,1H3. The molecule has 5 heteroatoms. The van der Waals surface area contributed by atoms with Crippen LogP contribution in [0.4, 0.5) is 0 Å². The average molecular weight is 143 g/mol. The highest BCUT2D eigenvalue weighted by atomic mass is 33.5. The third-order valence-electron chi connectivity index (χ3n) is 0.234. The third kappa shape index (κ3) is 3.17. The van der Waals surface area contributed by atoms with E-state index in [2.05, 4.69) is 16.4 Å². The zero-order valence-electron chi connectivity index (χ0n) is 3.17. The molecule has 1 atom stereocenters. The topological polar surface area (TPSA) is 35.1 Å². The van der Waals surface area contributed by atoms with E-state index in [4.69, 9.17) is 0 Å². The SMILES string of the molecule is CN[S+]([O-])SS. The second-order valence-electron chi connectivity index (χ2n) is 0.513. The first-order valence-corrected chi connectivity index (χ1v) is 4.76. The zero-order valence-corrected chi connectivity index (χ0v) is 5.70. The van der Waals surface area contributed by atoms with Gasteiger partial charge in [-0.05, 0) is 0 Å². The van der Waals surface area contributed by atoms with E-state index in [0.717, 1.165) is 9.83 Å². The Morgan fingerprint density at radius 2 is 2.50 bits per heavy atom. The molecular formula is CH5NOS3. The van der Waals surface area contributed by atoms with Crippen molar-refractivity contribution in [3.05, 3.63) is 0 Å². The number of nitrogens with one attached hydrogen (secondary N) is 1. The number of hydrogen-bond donors (Lipinski definition) is 2. The molecule has 0 radical (unpaired) electrons. The van der Waals surface area contributed by atoms with Crippen LogP contribution < -0.4 is 4.72 Å². The molecule has 0 rings (SSSR count). The molecule has 0 bridgehead atoms. The molecule has 0 aliphatic heterocycles. The molecule has 0 heterocycles. The van der Waals surface area contributed by atoms with Crippen molar-refractivity contribution in [2.24, 2.45) is 0 Å². The molecule has 38 valence electrons. The Bertz CT molecular complexity index is 30.0. The predicted octanol–water partition coefficient (Wildman–Crippen LogP) is 0.362. The predicted molar refractivity (Wildman–Crippen MR) is 33.8 cm³/mol. The highest BCUT2D eigenvalue weighted by Gasteiger charge is 1.95. The maximum atomic E-state index is 10.1. The molecule has 0 aromatic heterocycles.